The van der Waals surface area contributed by atoms with Crippen LogP contribution in [0.15, 0.2) is 84.9 Å². The number of para-hydroxylation sites is 2. The van der Waals surface area contributed by atoms with Crippen LogP contribution in [-0.2, 0) is 11.2 Å². The van der Waals surface area contributed by atoms with Gasteiger partial charge in [-0.2, -0.15) is 0 Å². The van der Waals surface area contributed by atoms with E-state index < -0.39 is 0 Å². The summed E-state index contributed by atoms with van der Waals surface area (Å²) >= 11 is 0. The van der Waals surface area contributed by atoms with Crippen LogP contribution in [0.4, 0.5) is 0 Å². The lowest BCUT2D eigenvalue weighted by molar-refractivity contribution is -0.132. The molecule has 0 saturated carbocycles. The van der Waals surface area contributed by atoms with Gasteiger partial charge in [-0.25, -0.2) is 4.98 Å². The number of hydrogen-bond acceptors (Lipinski definition) is 2. The summed E-state index contributed by atoms with van der Waals surface area (Å²) < 4.78 is 2.44. The zero-order valence-electron chi connectivity index (χ0n) is 19.2. The summed E-state index contributed by atoms with van der Waals surface area (Å²) in [6.45, 7) is 3.76. The number of imidazole rings is 1. The Labute approximate surface area is 195 Å². The van der Waals surface area contributed by atoms with Crippen LogP contribution in [0, 0.1) is 0 Å². The molecule has 1 saturated heterocycles. The monoisotopic (exact) mass is 437 g/mol. The number of benzene rings is 3. The molecule has 33 heavy (non-hydrogen) atoms. The fourth-order valence-electron chi connectivity index (χ4n) is 5.07. The lowest BCUT2D eigenvalue weighted by Crippen LogP contribution is -2.39. The van der Waals surface area contributed by atoms with Gasteiger partial charge in [0.05, 0.1) is 11.0 Å². The molecule has 1 atom stereocenters. The van der Waals surface area contributed by atoms with Gasteiger partial charge in [-0.15, -0.1) is 0 Å². The van der Waals surface area contributed by atoms with Crippen LogP contribution in [0.1, 0.15) is 55.1 Å². The summed E-state index contributed by atoms with van der Waals surface area (Å²) in [5.41, 5.74) is 4.76. The summed E-state index contributed by atoms with van der Waals surface area (Å²) in [5.74, 6) is 1.63. The predicted octanol–water partition coefficient (Wildman–Crippen LogP) is 5.98. The van der Waals surface area contributed by atoms with Crippen molar-refractivity contribution >= 4 is 16.9 Å². The van der Waals surface area contributed by atoms with Crippen LogP contribution in [0.25, 0.3) is 11.0 Å². The summed E-state index contributed by atoms with van der Waals surface area (Å²) in [4.78, 5) is 20.1. The molecule has 1 aliphatic heterocycles. The van der Waals surface area contributed by atoms with E-state index in [1.807, 2.05) is 18.2 Å². The summed E-state index contributed by atoms with van der Waals surface area (Å²) in [6.07, 6.45) is 3.33. The number of nitrogens with zero attached hydrogens (tertiary/aromatic N) is 3. The first kappa shape index (κ1) is 21.4. The quantitative estimate of drug-likeness (QED) is 0.372. The first-order valence-electron chi connectivity index (χ1n) is 12.0. The molecule has 0 N–H and O–H groups in total. The van der Waals surface area contributed by atoms with Crippen LogP contribution in [-0.4, -0.2) is 33.4 Å². The number of piperidine rings is 1. The van der Waals surface area contributed by atoms with Crippen molar-refractivity contribution in [3.63, 3.8) is 0 Å². The van der Waals surface area contributed by atoms with E-state index in [0.717, 1.165) is 43.7 Å². The van der Waals surface area contributed by atoms with Gasteiger partial charge in [0.2, 0.25) is 5.91 Å². The number of fused-ring (bicyclic) bond motifs is 1. The van der Waals surface area contributed by atoms with E-state index in [-0.39, 0.29) is 11.8 Å². The van der Waals surface area contributed by atoms with E-state index in [4.69, 9.17) is 4.98 Å². The highest BCUT2D eigenvalue weighted by Gasteiger charge is 2.27. The second-order valence-electron chi connectivity index (χ2n) is 9.18. The molecule has 4 nitrogen and oxygen atoms in total. The highest BCUT2D eigenvalue weighted by Crippen LogP contribution is 2.31. The van der Waals surface area contributed by atoms with Crippen LogP contribution in [0.5, 0.6) is 0 Å². The largest absolute Gasteiger partial charge is 0.343 e. The fraction of sp³-hybridized carbons (Fsp3) is 0.310. The number of carbonyl (C=O) groups is 1. The van der Waals surface area contributed by atoms with E-state index in [9.17, 15) is 4.79 Å². The van der Waals surface area contributed by atoms with E-state index >= 15 is 0 Å². The van der Waals surface area contributed by atoms with Crippen molar-refractivity contribution in [2.24, 2.45) is 0 Å². The molecule has 1 aromatic heterocycles. The maximum atomic E-state index is 13.0. The van der Waals surface area contributed by atoms with Crippen LogP contribution in [0.2, 0.25) is 0 Å². The molecule has 0 unspecified atom stereocenters. The van der Waals surface area contributed by atoms with Gasteiger partial charge >= 0.3 is 0 Å². The van der Waals surface area contributed by atoms with Crippen molar-refractivity contribution in [3.05, 3.63) is 102 Å². The number of amides is 1. The minimum absolute atomic E-state index is 0.242. The average Bonchev–Trinajstić information content (AvgIpc) is 3.23. The number of carbonyl (C=O) groups excluding carboxylic acids is 1. The van der Waals surface area contributed by atoms with E-state index in [1.165, 1.54) is 16.6 Å². The molecule has 4 heteroatoms. The Hall–Kier alpha value is -3.40. The third-order valence-corrected chi connectivity index (χ3v) is 6.91. The molecule has 168 valence electrons. The molecule has 3 aromatic carbocycles. The molecule has 1 fully saturated rings. The maximum absolute atomic E-state index is 13.0. The standard InChI is InChI=1S/C29H31N3O/c1-22(24-12-6-3-7-13-24)20-29(33)31-18-16-25(17-19-31)32-27-15-9-8-14-26(27)30-28(32)21-23-10-4-2-5-11-23/h2-15,22,25H,16-21H2,1H3/t22-/m1/s1. The minimum atomic E-state index is 0.242. The van der Waals surface area contributed by atoms with Crippen LogP contribution < -0.4 is 0 Å². The van der Waals surface area contributed by atoms with Crippen molar-refractivity contribution in [1.82, 2.24) is 14.5 Å². The molecule has 0 radical (unpaired) electrons. The number of hydrogen-bond donors (Lipinski definition) is 0. The van der Waals surface area contributed by atoms with Crippen molar-refractivity contribution in [3.8, 4) is 0 Å². The van der Waals surface area contributed by atoms with Gasteiger partial charge in [0.15, 0.2) is 0 Å². The molecule has 1 aliphatic rings. The summed E-state index contributed by atoms with van der Waals surface area (Å²) in [6, 6.07) is 29.7. The van der Waals surface area contributed by atoms with Gasteiger partial charge in [-0.05, 0) is 42.0 Å². The second-order valence-corrected chi connectivity index (χ2v) is 9.18. The lowest BCUT2D eigenvalue weighted by Gasteiger charge is -2.34. The Kier molecular flexibility index (Phi) is 6.25. The minimum Gasteiger partial charge on any atom is -0.343 e. The number of rotatable bonds is 6. The topological polar surface area (TPSA) is 38.1 Å². The predicted molar refractivity (Wildman–Crippen MR) is 133 cm³/mol. The average molecular weight is 438 g/mol. The lowest BCUT2D eigenvalue weighted by atomic mass is 9.96. The number of aromatic nitrogens is 2. The summed E-state index contributed by atoms with van der Waals surface area (Å²) in [7, 11) is 0. The zero-order valence-corrected chi connectivity index (χ0v) is 19.2. The molecule has 0 spiro atoms. The molecule has 4 aromatic rings. The molecule has 2 heterocycles. The highest BCUT2D eigenvalue weighted by atomic mass is 16.2. The zero-order chi connectivity index (χ0) is 22.6. The van der Waals surface area contributed by atoms with Crippen molar-refractivity contribution in [2.75, 3.05) is 13.1 Å². The van der Waals surface area contributed by atoms with Gasteiger partial charge < -0.3 is 9.47 Å². The highest BCUT2D eigenvalue weighted by molar-refractivity contribution is 5.78. The van der Waals surface area contributed by atoms with Crippen molar-refractivity contribution in [1.29, 1.82) is 0 Å². The Morgan fingerprint density at radius 2 is 1.55 bits per heavy atom. The molecule has 1 amide bonds. The van der Waals surface area contributed by atoms with Gasteiger partial charge in [-0.3, -0.25) is 4.79 Å². The van der Waals surface area contributed by atoms with Gasteiger partial charge in [0.25, 0.3) is 0 Å². The Bertz CT molecular complexity index is 1210. The number of likely N-dealkylation sites (tertiary alicyclic amines) is 1. The SMILES string of the molecule is C[C@H](CC(=O)N1CCC(n2c(Cc3ccccc3)nc3ccccc32)CC1)c1ccccc1. The molecule has 5 rings (SSSR count). The smallest absolute Gasteiger partial charge is 0.223 e. The third kappa shape index (κ3) is 4.70. The fourth-order valence-corrected chi connectivity index (χ4v) is 5.07. The third-order valence-electron chi connectivity index (χ3n) is 6.91. The first-order chi connectivity index (χ1) is 16.2. The maximum Gasteiger partial charge on any atom is 0.223 e. The first-order valence-corrected chi connectivity index (χ1v) is 12.0. The summed E-state index contributed by atoms with van der Waals surface area (Å²) in [5, 5.41) is 0. The second kappa shape index (κ2) is 9.62. The Morgan fingerprint density at radius 1 is 0.909 bits per heavy atom. The van der Waals surface area contributed by atoms with E-state index in [2.05, 4.69) is 83.1 Å². The van der Waals surface area contributed by atoms with E-state index in [0.29, 0.717) is 12.5 Å². The normalized spacial score (nSPS) is 15.6. The van der Waals surface area contributed by atoms with Crippen molar-refractivity contribution in [2.45, 2.75) is 44.6 Å². The molecule has 0 bridgehead atoms. The Balaban J connectivity index is 1.30. The van der Waals surface area contributed by atoms with Gasteiger partial charge in [0.1, 0.15) is 5.82 Å². The Morgan fingerprint density at radius 3 is 2.27 bits per heavy atom. The van der Waals surface area contributed by atoms with Crippen molar-refractivity contribution < 1.29 is 4.79 Å². The van der Waals surface area contributed by atoms with Crippen LogP contribution in [0.3, 0.4) is 0 Å². The van der Waals surface area contributed by atoms with Gasteiger partial charge in [0, 0.05) is 32.0 Å². The molecule has 0 aliphatic carbocycles. The molecular weight excluding hydrogens is 406 g/mol. The van der Waals surface area contributed by atoms with E-state index in [1.54, 1.807) is 0 Å². The van der Waals surface area contributed by atoms with Crippen LogP contribution >= 0.6 is 0 Å². The molecular formula is C29H31N3O. The van der Waals surface area contributed by atoms with Gasteiger partial charge in [-0.1, -0.05) is 79.7 Å².